The van der Waals surface area contributed by atoms with Crippen LogP contribution < -0.4 is 0 Å². The summed E-state index contributed by atoms with van der Waals surface area (Å²) < 4.78 is 29.9. The van der Waals surface area contributed by atoms with Crippen LogP contribution in [0.2, 0.25) is 0 Å². The van der Waals surface area contributed by atoms with Crippen LogP contribution in [0, 0.1) is 30.1 Å². The molecular formula is C22H28O5S. The van der Waals surface area contributed by atoms with Gasteiger partial charge in [0.1, 0.15) is 0 Å². The molecule has 5 nitrogen and oxygen atoms in total. The molecule has 152 valence electrons. The summed E-state index contributed by atoms with van der Waals surface area (Å²) in [6, 6.07) is 6.56. The number of benzene rings is 1. The number of sulfone groups is 1. The van der Waals surface area contributed by atoms with Crippen LogP contribution in [0.25, 0.3) is 0 Å². The molecule has 28 heavy (non-hydrogen) atoms. The Hall–Kier alpha value is -1.69. The molecule has 6 heteroatoms. The first-order valence-corrected chi connectivity index (χ1v) is 11.9. The van der Waals surface area contributed by atoms with Crippen LogP contribution in [0.4, 0.5) is 0 Å². The van der Waals surface area contributed by atoms with Crippen molar-refractivity contribution in [2.45, 2.75) is 56.8 Å². The van der Waals surface area contributed by atoms with Crippen LogP contribution in [-0.4, -0.2) is 32.5 Å². The SMILES string of the molecule is Cc1ccc(S(=O)(=O)CCC(=O)OCC(=O)C23CC4CC(CC(C4)C2)C3)cc1. The number of esters is 1. The Morgan fingerprint density at radius 2 is 1.54 bits per heavy atom. The molecular weight excluding hydrogens is 376 g/mol. The summed E-state index contributed by atoms with van der Waals surface area (Å²) in [6.45, 7) is 1.67. The highest BCUT2D eigenvalue weighted by Crippen LogP contribution is 2.60. The normalized spacial score (nSPS) is 31.0. The van der Waals surface area contributed by atoms with E-state index >= 15 is 0 Å². The fourth-order valence-electron chi connectivity index (χ4n) is 5.90. The Balaban J connectivity index is 1.29. The van der Waals surface area contributed by atoms with Gasteiger partial charge in [-0.25, -0.2) is 8.42 Å². The summed E-state index contributed by atoms with van der Waals surface area (Å²) in [6.07, 6.45) is 6.35. The third-order valence-corrected chi connectivity index (χ3v) is 8.68. The molecule has 0 N–H and O–H groups in total. The second kappa shape index (κ2) is 7.29. The van der Waals surface area contributed by atoms with Crippen molar-refractivity contribution in [3.63, 3.8) is 0 Å². The number of aryl methyl sites for hydroxylation is 1. The highest BCUT2D eigenvalue weighted by molar-refractivity contribution is 7.91. The molecule has 1 aromatic carbocycles. The molecule has 0 radical (unpaired) electrons. The first-order chi connectivity index (χ1) is 13.3. The van der Waals surface area contributed by atoms with E-state index in [0.29, 0.717) is 17.8 Å². The Labute approximate surface area is 166 Å². The minimum Gasteiger partial charge on any atom is -0.458 e. The van der Waals surface area contributed by atoms with E-state index in [9.17, 15) is 18.0 Å². The average molecular weight is 405 g/mol. The van der Waals surface area contributed by atoms with Gasteiger partial charge in [0.25, 0.3) is 0 Å². The Bertz CT molecular complexity index is 833. The topological polar surface area (TPSA) is 77.5 Å². The van der Waals surface area contributed by atoms with Crippen molar-refractivity contribution >= 4 is 21.6 Å². The number of ether oxygens (including phenoxy) is 1. The maximum Gasteiger partial charge on any atom is 0.307 e. The summed E-state index contributed by atoms with van der Waals surface area (Å²) in [5, 5.41) is 0. The van der Waals surface area contributed by atoms with Crippen LogP contribution in [0.1, 0.15) is 50.5 Å². The van der Waals surface area contributed by atoms with Crippen LogP contribution in [0.5, 0.6) is 0 Å². The molecule has 0 aromatic heterocycles. The number of ketones is 1. The van der Waals surface area contributed by atoms with E-state index in [-0.39, 0.29) is 34.9 Å². The van der Waals surface area contributed by atoms with E-state index in [1.807, 2.05) is 6.92 Å². The molecule has 0 amide bonds. The monoisotopic (exact) mass is 404 g/mol. The van der Waals surface area contributed by atoms with Crippen LogP contribution in [0.3, 0.4) is 0 Å². The zero-order valence-corrected chi connectivity index (χ0v) is 17.2. The molecule has 0 spiro atoms. The van der Waals surface area contributed by atoms with Gasteiger partial charge < -0.3 is 4.74 Å². The maximum atomic E-state index is 12.9. The molecule has 0 aliphatic heterocycles. The van der Waals surface area contributed by atoms with Gasteiger partial charge in [0.2, 0.25) is 0 Å². The first-order valence-electron chi connectivity index (χ1n) is 10.2. The Morgan fingerprint density at radius 3 is 2.07 bits per heavy atom. The zero-order valence-electron chi connectivity index (χ0n) is 16.4. The number of rotatable bonds is 7. The van der Waals surface area contributed by atoms with E-state index in [1.165, 1.54) is 19.3 Å². The third kappa shape index (κ3) is 3.88. The second-order valence-electron chi connectivity index (χ2n) is 9.16. The fourth-order valence-corrected chi connectivity index (χ4v) is 7.13. The van der Waals surface area contributed by atoms with Gasteiger partial charge in [-0.15, -0.1) is 0 Å². The van der Waals surface area contributed by atoms with Gasteiger partial charge in [-0.2, -0.15) is 0 Å². The van der Waals surface area contributed by atoms with Crippen LogP contribution >= 0.6 is 0 Å². The molecule has 4 aliphatic rings. The third-order valence-electron chi connectivity index (χ3n) is 6.95. The summed E-state index contributed by atoms with van der Waals surface area (Å²) in [5.74, 6) is 1.09. The smallest absolute Gasteiger partial charge is 0.307 e. The van der Waals surface area contributed by atoms with Crippen molar-refractivity contribution in [3.05, 3.63) is 29.8 Å². The quantitative estimate of drug-likeness (QED) is 0.650. The van der Waals surface area contributed by atoms with E-state index in [0.717, 1.165) is 24.8 Å². The number of carbonyl (C=O) groups excluding carboxylic acids is 2. The Morgan fingerprint density at radius 1 is 1.00 bits per heavy atom. The van der Waals surface area contributed by atoms with Gasteiger partial charge in [0.05, 0.1) is 17.1 Å². The van der Waals surface area contributed by atoms with Gasteiger partial charge in [-0.3, -0.25) is 9.59 Å². The predicted octanol–water partition coefficient (Wildman–Crippen LogP) is 3.49. The zero-order chi connectivity index (χ0) is 19.9. The van der Waals surface area contributed by atoms with E-state index in [2.05, 4.69) is 0 Å². The fraction of sp³-hybridized carbons (Fsp3) is 0.636. The summed E-state index contributed by atoms with van der Waals surface area (Å²) >= 11 is 0. The number of hydrogen-bond acceptors (Lipinski definition) is 5. The maximum absolute atomic E-state index is 12.9. The van der Waals surface area contributed by atoms with Gasteiger partial charge in [-0.1, -0.05) is 17.7 Å². The highest BCUT2D eigenvalue weighted by Gasteiger charge is 2.54. The molecule has 5 rings (SSSR count). The molecule has 4 saturated carbocycles. The molecule has 4 fully saturated rings. The molecule has 1 aromatic rings. The number of hydrogen-bond donors (Lipinski definition) is 0. The van der Waals surface area contributed by atoms with Crippen molar-refractivity contribution in [3.8, 4) is 0 Å². The van der Waals surface area contributed by atoms with E-state index < -0.39 is 15.8 Å². The minimum absolute atomic E-state index is 0.0429. The van der Waals surface area contributed by atoms with Gasteiger partial charge in [0, 0.05) is 5.41 Å². The lowest BCUT2D eigenvalue weighted by Crippen LogP contribution is -2.51. The largest absolute Gasteiger partial charge is 0.458 e. The molecule has 4 aliphatic carbocycles. The molecule has 0 atom stereocenters. The molecule has 0 saturated heterocycles. The number of carbonyl (C=O) groups is 2. The van der Waals surface area contributed by atoms with Crippen molar-refractivity contribution in [1.82, 2.24) is 0 Å². The van der Waals surface area contributed by atoms with E-state index in [1.54, 1.807) is 24.3 Å². The standard InChI is InChI=1S/C22H28O5S/c1-15-2-4-19(5-3-15)28(25,26)7-6-21(24)27-14-20(23)22-11-16-8-17(12-22)10-18(9-16)13-22/h2-5,16-18H,6-14H2,1H3. The summed E-state index contributed by atoms with van der Waals surface area (Å²) in [4.78, 5) is 25.1. The van der Waals surface area contributed by atoms with Crippen molar-refractivity contribution < 1.29 is 22.7 Å². The average Bonchev–Trinajstić information content (AvgIpc) is 2.64. The molecule has 4 bridgehead atoms. The van der Waals surface area contributed by atoms with Gasteiger partial charge >= 0.3 is 5.97 Å². The lowest BCUT2D eigenvalue weighted by Gasteiger charge is -2.55. The molecule has 0 unspecified atom stereocenters. The van der Waals surface area contributed by atoms with Gasteiger partial charge in [0.15, 0.2) is 22.2 Å². The predicted molar refractivity (Wildman–Crippen MR) is 104 cm³/mol. The van der Waals surface area contributed by atoms with Gasteiger partial charge in [-0.05, 0) is 75.3 Å². The van der Waals surface area contributed by atoms with Crippen molar-refractivity contribution in [2.24, 2.45) is 23.2 Å². The second-order valence-corrected chi connectivity index (χ2v) is 11.3. The van der Waals surface area contributed by atoms with Crippen molar-refractivity contribution in [1.29, 1.82) is 0 Å². The summed E-state index contributed by atoms with van der Waals surface area (Å²) in [5.41, 5.74) is 0.685. The van der Waals surface area contributed by atoms with E-state index in [4.69, 9.17) is 4.74 Å². The molecule has 0 heterocycles. The van der Waals surface area contributed by atoms with Crippen molar-refractivity contribution in [2.75, 3.05) is 12.4 Å². The lowest BCUT2D eigenvalue weighted by molar-refractivity contribution is -0.157. The van der Waals surface area contributed by atoms with Crippen LogP contribution in [-0.2, 0) is 24.2 Å². The minimum atomic E-state index is -3.53. The van der Waals surface area contributed by atoms with Crippen LogP contribution in [0.15, 0.2) is 29.2 Å². The Kier molecular flexibility index (Phi) is 5.10. The first kappa shape index (κ1) is 19.6. The lowest BCUT2D eigenvalue weighted by atomic mass is 9.48. The highest BCUT2D eigenvalue weighted by atomic mass is 32.2. The summed E-state index contributed by atoms with van der Waals surface area (Å²) in [7, 11) is -3.53. The number of Topliss-reactive ketones (excluding diaryl/α,β-unsaturated/α-hetero) is 1.